The molecule has 0 spiro atoms. The van der Waals surface area contributed by atoms with Crippen LogP contribution in [0.5, 0.6) is 0 Å². The van der Waals surface area contributed by atoms with E-state index in [1.54, 1.807) is 6.07 Å². The van der Waals surface area contributed by atoms with Gasteiger partial charge in [0.05, 0.1) is 5.69 Å². The summed E-state index contributed by atoms with van der Waals surface area (Å²) in [6, 6.07) is 5.75. The molecule has 1 N–H and O–H groups in total. The number of nitrogens with zero attached hydrogens (tertiary/aromatic N) is 1. The number of nitrogens with one attached hydrogen (secondary N) is 1. The van der Waals surface area contributed by atoms with Gasteiger partial charge in [-0.25, -0.2) is 4.39 Å². The van der Waals surface area contributed by atoms with Crippen molar-refractivity contribution in [3.63, 3.8) is 0 Å². The summed E-state index contributed by atoms with van der Waals surface area (Å²) in [7, 11) is 0. The minimum Gasteiger partial charge on any atom is -0.360 e. The highest BCUT2D eigenvalue weighted by Crippen LogP contribution is 2.27. The molecule has 1 aromatic carbocycles. The van der Waals surface area contributed by atoms with Crippen LogP contribution in [-0.2, 0) is 4.79 Å². The highest BCUT2D eigenvalue weighted by Gasteiger charge is 2.27. The average Bonchev–Trinajstić information content (AvgIpc) is 2.28. The van der Waals surface area contributed by atoms with E-state index in [4.69, 9.17) is 40.1 Å². The number of benzene rings is 1. The highest BCUT2D eigenvalue weighted by molar-refractivity contribution is 6.77. The molecule has 7 heteroatoms. The zero-order chi connectivity index (χ0) is 13.8. The van der Waals surface area contributed by atoms with Gasteiger partial charge in [0.2, 0.25) is 5.78 Å². The zero-order valence-corrected chi connectivity index (χ0v) is 11.0. The molecular formula is C11H6Cl3FN2O. The summed E-state index contributed by atoms with van der Waals surface area (Å²) >= 11 is 16.0. The Hall–Kier alpha value is -1.28. The smallest absolute Gasteiger partial charge is 0.252 e. The molecule has 0 amide bonds. The van der Waals surface area contributed by atoms with E-state index in [1.807, 2.05) is 0 Å². The van der Waals surface area contributed by atoms with Gasteiger partial charge in [0.25, 0.3) is 3.79 Å². The van der Waals surface area contributed by atoms with Crippen molar-refractivity contribution in [1.29, 1.82) is 5.26 Å². The number of halogens is 4. The van der Waals surface area contributed by atoms with Crippen molar-refractivity contribution in [2.45, 2.75) is 3.79 Å². The van der Waals surface area contributed by atoms with E-state index in [2.05, 4.69) is 5.32 Å². The lowest BCUT2D eigenvalue weighted by Crippen LogP contribution is -2.16. The number of hydrogen-bond donors (Lipinski definition) is 1. The molecule has 0 aliphatic carbocycles. The van der Waals surface area contributed by atoms with Gasteiger partial charge in [0.1, 0.15) is 17.4 Å². The molecule has 0 unspecified atom stereocenters. The molecule has 94 valence electrons. The standard InChI is InChI=1S/C11H6Cl3FN2O/c12-11(13,14)10(18)4-5-17-9-3-1-2-8(15)7(9)6-16/h1-5,17H/b5-4-. The largest absolute Gasteiger partial charge is 0.360 e. The summed E-state index contributed by atoms with van der Waals surface area (Å²) in [6.45, 7) is 0. The third kappa shape index (κ3) is 3.88. The molecule has 18 heavy (non-hydrogen) atoms. The van der Waals surface area contributed by atoms with Crippen LogP contribution in [0.1, 0.15) is 5.56 Å². The van der Waals surface area contributed by atoms with Crippen LogP contribution in [0.2, 0.25) is 0 Å². The first-order chi connectivity index (χ1) is 8.36. The average molecular weight is 308 g/mol. The Morgan fingerprint density at radius 2 is 2.11 bits per heavy atom. The predicted molar refractivity (Wildman–Crippen MR) is 69.2 cm³/mol. The lowest BCUT2D eigenvalue weighted by Gasteiger charge is -2.06. The Bertz CT molecular complexity index is 532. The van der Waals surface area contributed by atoms with Gasteiger partial charge in [-0.15, -0.1) is 0 Å². The fraction of sp³-hybridized carbons (Fsp3) is 0.0909. The van der Waals surface area contributed by atoms with E-state index in [0.717, 1.165) is 12.1 Å². The molecule has 0 atom stereocenters. The van der Waals surface area contributed by atoms with Gasteiger partial charge in [0, 0.05) is 12.3 Å². The van der Waals surface area contributed by atoms with Crippen LogP contribution in [0.25, 0.3) is 0 Å². The van der Waals surface area contributed by atoms with Gasteiger partial charge in [-0.3, -0.25) is 4.79 Å². The van der Waals surface area contributed by atoms with Gasteiger partial charge in [-0.05, 0) is 12.1 Å². The van der Waals surface area contributed by atoms with Crippen molar-refractivity contribution >= 4 is 46.3 Å². The van der Waals surface area contributed by atoms with Crippen molar-refractivity contribution in [1.82, 2.24) is 0 Å². The molecule has 1 rings (SSSR count). The Morgan fingerprint density at radius 1 is 1.44 bits per heavy atom. The van der Waals surface area contributed by atoms with E-state index < -0.39 is 15.4 Å². The minimum atomic E-state index is -2.04. The van der Waals surface area contributed by atoms with Crippen LogP contribution < -0.4 is 5.32 Å². The van der Waals surface area contributed by atoms with E-state index in [-0.39, 0.29) is 11.3 Å². The maximum absolute atomic E-state index is 13.2. The molecule has 0 radical (unpaired) electrons. The fourth-order valence-corrected chi connectivity index (χ4v) is 1.25. The first kappa shape index (κ1) is 14.8. The quantitative estimate of drug-likeness (QED) is 0.686. The second kappa shape index (κ2) is 6.05. The SMILES string of the molecule is N#Cc1c(F)cccc1N/C=C\C(=O)C(Cl)(Cl)Cl. The lowest BCUT2D eigenvalue weighted by atomic mass is 10.2. The number of alkyl halides is 3. The van der Waals surface area contributed by atoms with Crippen LogP contribution >= 0.6 is 34.8 Å². The molecule has 0 fully saturated rings. The second-order valence-electron chi connectivity index (χ2n) is 3.11. The van der Waals surface area contributed by atoms with E-state index in [1.165, 1.54) is 18.3 Å². The van der Waals surface area contributed by atoms with E-state index in [0.29, 0.717) is 0 Å². The molecule has 0 saturated carbocycles. The molecule has 1 aromatic rings. The number of allylic oxidation sites excluding steroid dienone is 1. The molecule has 0 aromatic heterocycles. The van der Waals surface area contributed by atoms with Gasteiger partial charge >= 0.3 is 0 Å². The Kier molecular flexibility index (Phi) is 4.97. The van der Waals surface area contributed by atoms with Gasteiger partial charge in [0.15, 0.2) is 0 Å². The van der Waals surface area contributed by atoms with Crippen molar-refractivity contribution < 1.29 is 9.18 Å². The van der Waals surface area contributed by atoms with Crippen LogP contribution in [0, 0.1) is 17.1 Å². The molecule has 0 aliphatic rings. The summed E-state index contributed by atoms with van der Waals surface area (Å²) in [4.78, 5) is 11.2. The van der Waals surface area contributed by atoms with E-state index in [9.17, 15) is 9.18 Å². The Morgan fingerprint density at radius 3 is 2.67 bits per heavy atom. The second-order valence-corrected chi connectivity index (χ2v) is 5.40. The maximum Gasteiger partial charge on any atom is 0.252 e. The van der Waals surface area contributed by atoms with Crippen molar-refractivity contribution in [2.75, 3.05) is 5.32 Å². The topological polar surface area (TPSA) is 52.9 Å². The van der Waals surface area contributed by atoms with Crippen LogP contribution in [0.3, 0.4) is 0 Å². The number of carbonyl (C=O) groups is 1. The zero-order valence-electron chi connectivity index (χ0n) is 8.75. The first-order valence-electron chi connectivity index (χ1n) is 4.59. The van der Waals surface area contributed by atoms with Crippen LogP contribution in [0.4, 0.5) is 10.1 Å². The lowest BCUT2D eigenvalue weighted by molar-refractivity contribution is -0.113. The summed E-state index contributed by atoms with van der Waals surface area (Å²) in [5.74, 6) is -1.42. The van der Waals surface area contributed by atoms with Crippen molar-refractivity contribution in [3.8, 4) is 6.07 Å². The number of ketones is 1. The maximum atomic E-state index is 13.2. The summed E-state index contributed by atoms with van der Waals surface area (Å²) in [5, 5.41) is 11.3. The minimum absolute atomic E-state index is 0.163. The van der Waals surface area contributed by atoms with Crippen LogP contribution in [0.15, 0.2) is 30.5 Å². The van der Waals surface area contributed by atoms with Crippen LogP contribution in [-0.4, -0.2) is 9.58 Å². The number of nitriles is 1. The fourth-order valence-electron chi connectivity index (χ4n) is 1.06. The number of hydrogen-bond acceptors (Lipinski definition) is 3. The van der Waals surface area contributed by atoms with E-state index >= 15 is 0 Å². The summed E-state index contributed by atoms with van der Waals surface area (Å²) in [5.41, 5.74) is 0.0503. The summed E-state index contributed by atoms with van der Waals surface area (Å²) < 4.78 is 11.2. The first-order valence-corrected chi connectivity index (χ1v) is 5.72. The third-order valence-corrected chi connectivity index (χ3v) is 2.44. The summed E-state index contributed by atoms with van der Waals surface area (Å²) in [6.07, 6.45) is 2.15. The number of rotatable bonds is 3. The molecule has 0 saturated heterocycles. The number of carbonyl (C=O) groups excluding carboxylic acids is 1. The molecule has 0 heterocycles. The van der Waals surface area contributed by atoms with Gasteiger partial charge in [-0.1, -0.05) is 40.9 Å². The molecule has 0 aliphatic heterocycles. The normalized spacial score (nSPS) is 11.3. The number of anilines is 1. The molecule has 0 bridgehead atoms. The predicted octanol–water partition coefficient (Wildman–Crippen LogP) is 3.56. The highest BCUT2D eigenvalue weighted by atomic mass is 35.6. The molecular weight excluding hydrogens is 301 g/mol. The Balaban J connectivity index is 2.83. The Labute approximate surface area is 118 Å². The van der Waals surface area contributed by atoms with Gasteiger partial charge in [-0.2, -0.15) is 5.26 Å². The van der Waals surface area contributed by atoms with Gasteiger partial charge < -0.3 is 5.32 Å². The molecule has 3 nitrogen and oxygen atoms in total. The van der Waals surface area contributed by atoms with Crippen molar-refractivity contribution in [3.05, 3.63) is 41.9 Å². The van der Waals surface area contributed by atoms with Crippen molar-refractivity contribution in [2.24, 2.45) is 0 Å². The monoisotopic (exact) mass is 306 g/mol. The third-order valence-electron chi connectivity index (χ3n) is 1.88.